The van der Waals surface area contributed by atoms with Gasteiger partial charge >= 0.3 is 0 Å². The standard InChI is InChI=1S/C17H21N3O3/c1-3-12-20-16(21)9-8-15(19-20)17(22)18-11-10-13-4-6-14(23-2)7-5-13/h4-9H,3,10-12H2,1-2H3,(H,18,22). The Kier molecular flexibility index (Phi) is 5.91. The number of carbonyl (C=O) groups excluding carboxylic acids is 1. The normalized spacial score (nSPS) is 10.3. The predicted molar refractivity (Wildman–Crippen MR) is 87.8 cm³/mol. The topological polar surface area (TPSA) is 73.2 Å². The van der Waals surface area contributed by atoms with E-state index in [1.165, 1.54) is 16.8 Å². The highest BCUT2D eigenvalue weighted by molar-refractivity contribution is 5.91. The summed E-state index contributed by atoms with van der Waals surface area (Å²) in [6.07, 6.45) is 1.50. The van der Waals surface area contributed by atoms with Gasteiger partial charge in [0.25, 0.3) is 11.5 Å². The van der Waals surface area contributed by atoms with Crippen molar-refractivity contribution in [2.45, 2.75) is 26.3 Å². The van der Waals surface area contributed by atoms with Crippen molar-refractivity contribution < 1.29 is 9.53 Å². The minimum Gasteiger partial charge on any atom is -0.497 e. The number of rotatable bonds is 7. The van der Waals surface area contributed by atoms with Crippen LogP contribution in [0.3, 0.4) is 0 Å². The van der Waals surface area contributed by atoms with Crippen LogP contribution in [0.4, 0.5) is 0 Å². The van der Waals surface area contributed by atoms with Gasteiger partial charge < -0.3 is 10.1 Å². The molecule has 1 aromatic carbocycles. The van der Waals surface area contributed by atoms with Gasteiger partial charge in [0.2, 0.25) is 0 Å². The Morgan fingerprint density at radius 1 is 1.22 bits per heavy atom. The lowest BCUT2D eigenvalue weighted by molar-refractivity contribution is 0.0946. The first-order chi connectivity index (χ1) is 11.1. The largest absolute Gasteiger partial charge is 0.497 e. The molecule has 6 heteroatoms. The van der Waals surface area contributed by atoms with Crippen molar-refractivity contribution in [3.63, 3.8) is 0 Å². The quantitative estimate of drug-likeness (QED) is 0.843. The average molecular weight is 315 g/mol. The third-order valence-electron chi connectivity index (χ3n) is 3.39. The Morgan fingerprint density at radius 3 is 2.61 bits per heavy atom. The summed E-state index contributed by atoms with van der Waals surface area (Å²) in [5.41, 5.74) is 1.17. The van der Waals surface area contributed by atoms with Gasteiger partial charge in [-0.2, -0.15) is 5.10 Å². The van der Waals surface area contributed by atoms with E-state index in [0.29, 0.717) is 19.5 Å². The number of carbonyl (C=O) groups is 1. The molecule has 0 aliphatic heterocycles. The Labute approximate surface area is 135 Å². The molecule has 0 spiro atoms. The van der Waals surface area contributed by atoms with Gasteiger partial charge in [-0.3, -0.25) is 9.59 Å². The summed E-state index contributed by atoms with van der Waals surface area (Å²) in [6.45, 7) is 2.96. The molecule has 2 rings (SSSR count). The van der Waals surface area contributed by atoms with Crippen molar-refractivity contribution in [3.8, 4) is 5.75 Å². The van der Waals surface area contributed by atoms with Crippen LogP contribution in [0.1, 0.15) is 29.4 Å². The summed E-state index contributed by atoms with van der Waals surface area (Å²) in [4.78, 5) is 23.7. The van der Waals surface area contributed by atoms with E-state index in [-0.39, 0.29) is 17.2 Å². The molecule has 1 amide bonds. The average Bonchev–Trinajstić information content (AvgIpc) is 2.57. The molecule has 0 saturated carbocycles. The number of nitrogens with one attached hydrogen (secondary N) is 1. The number of aryl methyl sites for hydroxylation is 1. The van der Waals surface area contributed by atoms with Gasteiger partial charge in [0.15, 0.2) is 0 Å². The minimum atomic E-state index is -0.275. The van der Waals surface area contributed by atoms with Gasteiger partial charge in [-0.1, -0.05) is 19.1 Å². The highest BCUT2D eigenvalue weighted by Crippen LogP contribution is 2.11. The Balaban J connectivity index is 1.91. The molecule has 1 heterocycles. The summed E-state index contributed by atoms with van der Waals surface area (Å²) >= 11 is 0. The van der Waals surface area contributed by atoms with Crippen molar-refractivity contribution >= 4 is 5.91 Å². The highest BCUT2D eigenvalue weighted by atomic mass is 16.5. The van der Waals surface area contributed by atoms with Crippen LogP contribution in [-0.4, -0.2) is 29.3 Å². The van der Waals surface area contributed by atoms with E-state index >= 15 is 0 Å². The smallest absolute Gasteiger partial charge is 0.271 e. The Bertz CT molecular complexity index is 708. The molecule has 122 valence electrons. The molecular weight excluding hydrogens is 294 g/mol. The molecule has 0 radical (unpaired) electrons. The SMILES string of the molecule is CCCn1nc(C(=O)NCCc2ccc(OC)cc2)ccc1=O. The van der Waals surface area contributed by atoms with Crippen LogP contribution < -0.4 is 15.6 Å². The monoisotopic (exact) mass is 315 g/mol. The number of benzene rings is 1. The van der Waals surface area contributed by atoms with Crippen molar-refractivity contribution in [2.24, 2.45) is 0 Å². The minimum absolute atomic E-state index is 0.193. The second kappa shape index (κ2) is 8.12. The van der Waals surface area contributed by atoms with Gasteiger partial charge in [0.05, 0.1) is 7.11 Å². The first-order valence-corrected chi connectivity index (χ1v) is 7.63. The molecule has 2 aromatic rings. The number of hydrogen-bond acceptors (Lipinski definition) is 4. The highest BCUT2D eigenvalue weighted by Gasteiger charge is 2.08. The van der Waals surface area contributed by atoms with E-state index in [4.69, 9.17) is 4.74 Å². The zero-order valence-electron chi connectivity index (χ0n) is 13.4. The van der Waals surface area contributed by atoms with Crippen LogP contribution in [0.2, 0.25) is 0 Å². The lowest BCUT2D eigenvalue weighted by Gasteiger charge is -2.07. The van der Waals surface area contributed by atoms with E-state index < -0.39 is 0 Å². The van der Waals surface area contributed by atoms with E-state index in [0.717, 1.165) is 17.7 Å². The summed E-state index contributed by atoms with van der Waals surface area (Å²) in [7, 11) is 1.63. The van der Waals surface area contributed by atoms with Crippen LogP contribution in [0.5, 0.6) is 5.75 Å². The van der Waals surface area contributed by atoms with E-state index in [9.17, 15) is 9.59 Å². The summed E-state index contributed by atoms with van der Waals surface area (Å²) < 4.78 is 6.42. The first-order valence-electron chi connectivity index (χ1n) is 7.63. The van der Waals surface area contributed by atoms with Crippen molar-refractivity contribution in [1.29, 1.82) is 0 Å². The second-order valence-electron chi connectivity index (χ2n) is 5.13. The maximum atomic E-state index is 12.1. The van der Waals surface area contributed by atoms with Crippen LogP contribution in [0.15, 0.2) is 41.2 Å². The number of aromatic nitrogens is 2. The molecule has 0 aliphatic carbocycles. The third kappa shape index (κ3) is 4.67. The molecule has 0 bridgehead atoms. The van der Waals surface area contributed by atoms with Crippen molar-refractivity contribution in [1.82, 2.24) is 15.1 Å². The van der Waals surface area contributed by atoms with Crippen LogP contribution >= 0.6 is 0 Å². The van der Waals surface area contributed by atoms with Crippen molar-refractivity contribution in [2.75, 3.05) is 13.7 Å². The molecule has 0 saturated heterocycles. The zero-order chi connectivity index (χ0) is 16.7. The van der Waals surface area contributed by atoms with E-state index in [1.807, 2.05) is 31.2 Å². The molecule has 1 N–H and O–H groups in total. The lowest BCUT2D eigenvalue weighted by Crippen LogP contribution is -2.30. The van der Waals surface area contributed by atoms with Gasteiger partial charge in [-0.05, 0) is 36.6 Å². The molecule has 23 heavy (non-hydrogen) atoms. The summed E-state index contributed by atoms with van der Waals surface area (Å²) in [6, 6.07) is 10.5. The fourth-order valence-corrected chi connectivity index (χ4v) is 2.15. The van der Waals surface area contributed by atoms with Crippen LogP contribution in [0, 0.1) is 0 Å². The molecule has 6 nitrogen and oxygen atoms in total. The fourth-order valence-electron chi connectivity index (χ4n) is 2.15. The van der Waals surface area contributed by atoms with Crippen LogP contribution in [-0.2, 0) is 13.0 Å². The molecular formula is C17H21N3O3. The van der Waals surface area contributed by atoms with Gasteiger partial charge in [-0.25, -0.2) is 4.68 Å². The molecule has 0 fully saturated rings. The first kappa shape index (κ1) is 16.7. The van der Waals surface area contributed by atoms with Crippen molar-refractivity contribution in [3.05, 3.63) is 58.0 Å². The number of hydrogen-bond donors (Lipinski definition) is 1. The van der Waals surface area contributed by atoms with Gasteiger partial charge in [0.1, 0.15) is 11.4 Å². The number of amides is 1. The maximum Gasteiger partial charge on any atom is 0.271 e. The summed E-state index contributed by atoms with van der Waals surface area (Å²) in [5.74, 6) is 0.531. The number of methoxy groups -OCH3 is 1. The predicted octanol–water partition coefficient (Wildman–Crippen LogP) is 1.63. The fraction of sp³-hybridized carbons (Fsp3) is 0.353. The third-order valence-corrected chi connectivity index (χ3v) is 3.39. The van der Waals surface area contributed by atoms with Crippen LogP contribution in [0.25, 0.3) is 0 Å². The number of ether oxygens (including phenoxy) is 1. The maximum absolute atomic E-state index is 12.1. The van der Waals surface area contributed by atoms with Gasteiger partial charge in [0, 0.05) is 19.2 Å². The zero-order valence-corrected chi connectivity index (χ0v) is 13.4. The Morgan fingerprint density at radius 2 is 1.96 bits per heavy atom. The van der Waals surface area contributed by atoms with Gasteiger partial charge in [-0.15, -0.1) is 0 Å². The molecule has 0 aliphatic rings. The van der Waals surface area contributed by atoms with E-state index in [2.05, 4.69) is 10.4 Å². The molecule has 1 aromatic heterocycles. The Hall–Kier alpha value is -2.63. The number of nitrogens with zero attached hydrogens (tertiary/aromatic N) is 2. The lowest BCUT2D eigenvalue weighted by atomic mass is 10.1. The van der Waals surface area contributed by atoms with E-state index in [1.54, 1.807) is 7.11 Å². The second-order valence-corrected chi connectivity index (χ2v) is 5.13. The summed E-state index contributed by atoms with van der Waals surface area (Å²) in [5, 5.41) is 6.90. The molecule has 0 unspecified atom stereocenters. The molecule has 0 atom stereocenters.